The second-order valence-corrected chi connectivity index (χ2v) is 9.34. The Morgan fingerprint density at radius 3 is 2.39 bits per heavy atom. The molecule has 11 nitrogen and oxygen atoms in total. The summed E-state index contributed by atoms with van der Waals surface area (Å²) < 4.78 is 9.86. The van der Waals surface area contributed by atoms with Gasteiger partial charge in [-0.1, -0.05) is 38.5 Å². The zero-order chi connectivity index (χ0) is 27.6. The van der Waals surface area contributed by atoms with E-state index < -0.39 is 60.6 Å². The van der Waals surface area contributed by atoms with Crippen LogP contribution in [0.1, 0.15) is 58.2 Å². The SMILES string of the molecule is CCC(C)C(NC(=O)OC(C)(C)C)C(=O)N(CC#N)C(C(=O)NCC(=O)OC)c1cccc(C)c1O. The highest BCUT2D eigenvalue weighted by Gasteiger charge is 2.39. The first-order valence-corrected chi connectivity index (χ1v) is 11.6. The highest BCUT2D eigenvalue weighted by Crippen LogP contribution is 2.32. The van der Waals surface area contributed by atoms with E-state index in [2.05, 4.69) is 15.4 Å². The van der Waals surface area contributed by atoms with Crippen LogP contribution >= 0.6 is 0 Å². The molecule has 0 saturated carbocycles. The van der Waals surface area contributed by atoms with Crippen LogP contribution in [0.5, 0.6) is 5.75 Å². The number of amides is 3. The first-order valence-electron chi connectivity index (χ1n) is 11.6. The van der Waals surface area contributed by atoms with Gasteiger partial charge in [0.15, 0.2) is 0 Å². The first-order chi connectivity index (χ1) is 16.8. The van der Waals surface area contributed by atoms with E-state index in [0.717, 1.165) is 12.0 Å². The van der Waals surface area contributed by atoms with Crippen molar-refractivity contribution in [1.82, 2.24) is 15.5 Å². The molecule has 0 aliphatic rings. The Morgan fingerprint density at radius 1 is 1.22 bits per heavy atom. The van der Waals surface area contributed by atoms with E-state index in [1.54, 1.807) is 46.8 Å². The highest BCUT2D eigenvalue weighted by molar-refractivity contribution is 5.94. The smallest absolute Gasteiger partial charge is 0.408 e. The zero-order valence-corrected chi connectivity index (χ0v) is 21.9. The molecule has 0 heterocycles. The molecule has 0 aliphatic heterocycles. The average molecular weight is 505 g/mol. The maximum absolute atomic E-state index is 13.8. The number of aromatic hydroxyl groups is 1. The number of nitrogens with one attached hydrogen (secondary N) is 2. The number of para-hydroxylation sites is 1. The third-order valence-electron chi connectivity index (χ3n) is 5.43. The average Bonchev–Trinajstić information content (AvgIpc) is 2.81. The lowest BCUT2D eigenvalue weighted by atomic mass is 9.95. The topological polar surface area (TPSA) is 158 Å². The highest BCUT2D eigenvalue weighted by atomic mass is 16.6. The van der Waals surface area contributed by atoms with Gasteiger partial charge in [-0.3, -0.25) is 14.4 Å². The molecule has 0 spiro atoms. The van der Waals surface area contributed by atoms with Gasteiger partial charge in [0.2, 0.25) is 11.8 Å². The predicted molar refractivity (Wildman–Crippen MR) is 131 cm³/mol. The van der Waals surface area contributed by atoms with Crippen molar-refractivity contribution in [3.05, 3.63) is 29.3 Å². The fraction of sp³-hybridized carbons (Fsp3) is 0.560. The summed E-state index contributed by atoms with van der Waals surface area (Å²) in [6.07, 6.45) is -0.343. The first kappa shape index (κ1) is 30.2. The van der Waals surface area contributed by atoms with Crippen LogP contribution in [0.4, 0.5) is 4.79 Å². The minimum absolute atomic E-state index is 0.0566. The van der Waals surface area contributed by atoms with Gasteiger partial charge in [-0.25, -0.2) is 4.79 Å². The molecule has 3 atom stereocenters. The Kier molecular flexibility index (Phi) is 11.2. The van der Waals surface area contributed by atoms with Gasteiger partial charge in [-0.05, 0) is 39.2 Å². The molecule has 3 N–H and O–H groups in total. The molecule has 0 bridgehead atoms. The van der Waals surface area contributed by atoms with Gasteiger partial charge in [0.1, 0.15) is 36.5 Å². The molecule has 1 aromatic rings. The summed E-state index contributed by atoms with van der Waals surface area (Å²) in [5.74, 6) is -2.90. The van der Waals surface area contributed by atoms with E-state index >= 15 is 0 Å². The van der Waals surface area contributed by atoms with Gasteiger partial charge >= 0.3 is 12.1 Å². The standard InChI is InChI=1S/C25H36N4O7/c1-8-15(2)19(28-24(34)36-25(4,5)6)23(33)29(13-12-26)20(22(32)27-14-18(30)35-7)17-11-9-10-16(3)21(17)31/h9-11,15,19-20,31H,8,13-14H2,1-7H3,(H,27,32)(H,28,34). The molecule has 0 aromatic heterocycles. The number of alkyl carbamates (subject to hydrolysis) is 1. The van der Waals surface area contributed by atoms with Crippen LogP contribution in [0.2, 0.25) is 0 Å². The number of hydrogen-bond acceptors (Lipinski definition) is 8. The quantitative estimate of drug-likeness (QED) is 0.323. The predicted octanol–water partition coefficient (Wildman–Crippen LogP) is 2.32. The largest absolute Gasteiger partial charge is 0.507 e. The van der Waals surface area contributed by atoms with Gasteiger partial charge in [0.05, 0.1) is 13.2 Å². The van der Waals surface area contributed by atoms with E-state index in [1.165, 1.54) is 6.07 Å². The minimum atomic E-state index is -1.48. The Hall–Kier alpha value is -3.81. The van der Waals surface area contributed by atoms with Crippen molar-refractivity contribution < 1.29 is 33.8 Å². The molecule has 36 heavy (non-hydrogen) atoms. The molecular weight excluding hydrogens is 468 g/mol. The molecule has 11 heteroatoms. The van der Waals surface area contributed by atoms with E-state index in [0.29, 0.717) is 12.0 Å². The summed E-state index contributed by atoms with van der Waals surface area (Å²) in [6.45, 7) is 9.18. The van der Waals surface area contributed by atoms with Crippen LogP contribution in [-0.2, 0) is 23.9 Å². The number of carbonyl (C=O) groups excluding carboxylic acids is 4. The maximum Gasteiger partial charge on any atom is 0.408 e. The molecule has 0 saturated heterocycles. The third kappa shape index (κ3) is 8.45. The lowest BCUT2D eigenvalue weighted by molar-refractivity contribution is -0.144. The van der Waals surface area contributed by atoms with E-state index in [-0.39, 0.29) is 11.3 Å². The Balaban J connectivity index is 3.55. The molecule has 0 radical (unpaired) electrons. The number of nitriles is 1. The Morgan fingerprint density at radius 2 is 1.86 bits per heavy atom. The van der Waals surface area contributed by atoms with Crippen LogP contribution in [0, 0.1) is 24.2 Å². The van der Waals surface area contributed by atoms with Gasteiger partial charge < -0.3 is 30.1 Å². The zero-order valence-electron chi connectivity index (χ0n) is 21.9. The number of phenolic OH excluding ortho intramolecular Hbond substituents is 1. The fourth-order valence-corrected chi connectivity index (χ4v) is 3.35. The fourth-order valence-electron chi connectivity index (χ4n) is 3.35. The van der Waals surface area contributed by atoms with E-state index in [4.69, 9.17) is 4.74 Å². The molecule has 0 fully saturated rings. The van der Waals surface area contributed by atoms with Crippen LogP contribution in [0.15, 0.2) is 18.2 Å². The number of hydrogen-bond donors (Lipinski definition) is 3. The number of nitrogens with zero attached hydrogens (tertiary/aromatic N) is 2. The van der Waals surface area contributed by atoms with Crippen LogP contribution < -0.4 is 10.6 Å². The lowest BCUT2D eigenvalue weighted by Crippen LogP contribution is -2.55. The van der Waals surface area contributed by atoms with Crippen LogP contribution in [-0.4, -0.2) is 65.7 Å². The van der Waals surface area contributed by atoms with Gasteiger partial charge in [0.25, 0.3) is 0 Å². The number of esters is 1. The summed E-state index contributed by atoms with van der Waals surface area (Å²) in [4.78, 5) is 52.2. The number of aryl methyl sites for hydroxylation is 1. The second kappa shape index (κ2) is 13.3. The summed E-state index contributed by atoms with van der Waals surface area (Å²) >= 11 is 0. The normalized spacial score (nSPS) is 13.4. The second-order valence-electron chi connectivity index (χ2n) is 9.34. The molecular formula is C25H36N4O7. The van der Waals surface area contributed by atoms with Gasteiger partial charge in [-0.15, -0.1) is 0 Å². The van der Waals surface area contributed by atoms with Crippen molar-refractivity contribution in [1.29, 1.82) is 5.26 Å². The monoisotopic (exact) mass is 504 g/mol. The number of carbonyl (C=O) groups is 4. The number of benzene rings is 1. The van der Waals surface area contributed by atoms with Gasteiger partial charge in [0, 0.05) is 5.56 Å². The molecule has 1 rings (SSSR count). The molecule has 1 aromatic carbocycles. The van der Waals surface area contributed by atoms with Crippen LogP contribution in [0.25, 0.3) is 0 Å². The van der Waals surface area contributed by atoms with Crippen molar-refractivity contribution in [2.45, 2.75) is 65.6 Å². The summed E-state index contributed by atoms with van der Waals surface area (Å²) in [5, 5.41) is 25.2. The van der Waals surface area contributed by atoms with E-state index in [1.807, 2.05) is 13.0 Å². The van der Waals surface area contributed by atoms with Gasteiger partial charge in [-0.2, -0.15) is 5.26 Å². The Labute approximate surface area is 211 Å². The number of phenols is 1. The molecule has 3 amide bonds. The summed E-state index contributed by atoms with van der Waals surface area (Å²) in [5.41, 5.74) is -0.322. The van der Waals surface area contributed by atoms with Crippen molar-refractivity contribution in [3.63, 3.8) is 0 Å². The lowest BCUT2D eigenvalue weighted by Gasteiger charge is -2.34. The number of rotatable bonds is 10. The van der Waals surface area contributed by atoms with Crippen LogP contribution in [0.3, 0.4) is 0 Å². The summed E-state index contributed by atoms with van der Waals surface area (Å²) in [7, 11) is 1.16. The van der Waals surface area contributed by atoms with Crippen molar-refractivity contribution in [3.8, 4) is 11.8 Å². The molecule has 0 aliphatic carbocycles. The van der Waals surface area contributed by atoms with Crippen molar-refractivity contribution in [2.24, 2.45) is 5.92 Å². The minimum Gasteiger partial charge on any atom is -0.507 e. The maximum atomic E-state index is 13.8. The van der Waals surface area contributed by atoms with Crippen molar-refractivity contribution >= 4 is 23.9 Å². The Bertz CT molecular complexity index is 997. The molecule has 3 unspecified atom stereocenters. The number of methoxy groups -OCH3 is 1. The van der Waals surface area contributed by atoms with Crippen molar-refractivity contribution in [2.75, 3.05) is 20.2 Å². The summed E-state index contributed by atoms with van der Waals surface area (Å²) in [6, 6.07) is 3.91. The number of ether oxygens (including phenoxy) is 2. The molecule has 198 valence electrons. The van der Waals surface area contributed by atoms with E-state index in [9.17, 15) is 29.5 Å². The third-order valence-corrected chi connectivity index (χ3v) is 5.43.